The van der Waals surface area contributed by atoms with Crippen LogP contribution < -0.4 is 0 Å². The van der Waals surface area contributed by atoms with Gasteiger partial charge in [0.2, 0.25) is 0 Å². The van der Waals surface area contributed by atoms with Crippen molar-refractivity contribution >= 4 is 5.71 Å². The first kappa shape index (κ1) is 12.1. The number of hydrogen-bond acceptors (Lipinski definition) is 1. The fourth-order valence-electron chi connectivity index (χ4n) is 3.04. The highest BCUT2D eigenvalue weighted by atomic mass is 14.7. The molecule has 0 heterocycles. The van der Waals surface area contributed by atoms with Gasteiger partial charge in [-0.2, -0.15) is 0 Å². The minimum absolute atomic E-state index is 0.867. The molecule has 2 atom stereocenters. The third-order valence-corrected chi connectivity index (χ3v) is 4.57. The van der Waals surface area contributed by atoms with Gasteiger partial charge in [-0.05, 0) is 43.9 Å². The number of aliphatic imine (C=N–C) groups is 1. The Hall–Kier alpha value is -0.330. The fraction of sp³-hybridized carbons (Fsp3) is 0.933. The van der Waals surface area contributed by atoms with Crippen molar-refractivity contribution in [1.82, 2.24) is 0 Å². The zero-order chi connectivity index (χ0) is 11.4. The molecule has 0 bridgehead atoms. The molecule has 0 N–H and O–H groups in total. The van der Waals surface area contributed by atoms with E-state index in [1.165, 1.54) is 57.1 Å². The van der Waals surface area contributed by atoms with Crippen LogP contribution in [0.5, 0.6) is 0 Å². The molecular weight excluding hydrogens is 194 g/mol. The Kier molecular flexibility index (Phi) is 4.43. The van der Waals surface area contributed by atoms with Crippen molar-refractivity contribution in [2.45, 2.75) is 65.2 Å². The van der Waals surface area contributed by atoms with Crippen molar-refractivity contribution in [2.24, 2.45) is 22.7 Å². The maximum Gasteiger partial charge on any atom is 0.0391 e. The molecule has 2 rings (SSSR count). The standard InChI is InChI=1S/C15H27N/c1-12-6-4-3-5-7-14(12)10-11-16-13(2)15-8-9-15/h12,14-15H,3-11H2,1-2H3. The van der Waals surface area contributed by atoms with Crippen molar-refractivity contribution < 1.29 is 0 Å². The van der Waals surface area contributed by atoms with Gasteiger partial charge in [0.25, 0.3) is 0 Å². The van der Waals surface area contributed by atoms with Crippen LogP contribution in [0.15, 0.2) is 4.99 Å². The Morgan fingerprint density at radius 1 is 1.06 bits per heavy atom. The summed E-state index contributed by atoms with van der Waals surface area (Å²) in [6.07, 6.45) is 11.4. The summed E-state index contributed by atoms with van der Waals surface area (Å²) in [5, 5.41) is 0. The van der Waals surface area contributed by atoms with Crippen molar-refractivity contribution in [3.63, 3.8) is 0 Å². The van der Waals surface area contributed by atoms with Gasteiger partial charge in [-0.1, -0.05) is 39.0 Å². The van der Waals surface area contributed by atoms with Crippen LogP contribution in [0.1, 0.15) is 65.2 Å². The van der Waals surface area contributed by atoms with Crippen LogP contribution in [0.4, 0.5) is 0 Å². The summed E-state index contributed by atoms with van der Waals surface area (Å²) >= 11 is 0. The van der Waals surface area contributed by atoms with Gasteiger partial charge in [-0.25, -0.2) is 0 Å². The van der Waals surface area contributed by atoms with Gasteiger partial charge in [-0.3, -0.25) is 4.99 Å². The third kappa shape index (κ3) is 3.61. The highest BCUT2D eigenvalue weighted by Crippen LogP contribution is 2.32. The summed E-state index contributed by atoms with van der Waals surface area (Å²) in [4.78, 5) is 4.76. The summed E-state index contributed by atoms with van der Waals surface area (Å²) < 4.78 is 0. The van der Waals surface area contributed by atoms with Crippen molar-refractivity contribution in [3.05, 3.63) is 0 Å². The molecule has 0 spiro atoms. The molecule has 1 nitrogen and oxygen atoms in total. The minimum Gasteiger partial charge on any atom is -0.294 e. The topological polar surface area (TPSA) is 12.4 Å². The van der Waals surface area contributed by atoms with Gasteiger partial charge in [0.05, 0.1) is 0 Å². The molecule has 2 unspecified atom stereocenters. The Labute approximate surface area is 101 Å². The normalized spacial score (nSPS) is 32.5. The zero-order valence-electron chi connectivity index (χ0n) is 11.0. The zero-order valence-corrected chi connectivity index (χ0v) is 11.0. The lowest BCUT2D eigenvalue weighted by Crippen LogP contribution is -2.11. The lowest BCUT2D eigenvalue weighted by Gasteiger charge is -2.20. The lowest BCUT2D eigenvalue weighted by atomic mass is 9.87. The average molecular weight is 221 g/mol. The Bertz CT molecular complexity index is 240. The van der Waals surface area contributed by atoms with Gasteiger partial charge in [-0.15, -0.1) is 0 Å². The van der Waals surface area contributed by atoms with Crippen LogP contribution >= 0.6 is 0 Å². The molecule has 2 aliphatic rings. The first-order chi connectivity index (χ1) is 7.77. The largest absolute Gasteiger partial charge is 0.294 e. The Morgan fingerprint density at radius 3 is 2.56 bits per heavy atom. The average Bonchev–Trinajstić information content (AvgIpc) is 3.07. The smallest absolute Gasteiger partial charge is 0.0391 e. The van der Waals surface area contributed by atoms with Crippen LogP contribution in [-0.4, -0.2) is 12.3 Å². The molecule has 0 saturated heterocycles. The maximum absolute atomic E-state index is 4.76. The summed E-state index contributed by atoms with van der Waals surface area (Å²) in [6, 6.07) is 0. The molecule has 92 valence electrons. The van der Waals surface area contributed by atoms with Crippen molar-refractivity contribution in [3.8, 4) is 0 Å². The molecule has 1 heteroatoms. The molecule has 0 aliphatic heterocycles. The molecule has 0 radical (unpaired) electrons. The number of hydrogen-bond donors (Lipinski definition) is 0. The number of nitrogens with zero attached hydrogens (tertiary/aromatic N) is 1. The summed E-state index contributed by atoms with van der Waals surface area (Å²) in [5.41, 5.74) is 1.43. The minimum atomic E-state index is 0.867. The van der Waals surface area contributed by atoms with E-state index in [0.717, 1.165) is 24.3 Å². The van der Waals surface area contributed by atoms with E-state index in [-0.39, 0.29) is 0 Å². The molecule has 16 heavy (non-hydrogen) atoms. The van der Waals surface area contributed by atoms with E-state index >= 15 is 0 Å². The first-order valence-corrected chi connectivity index (χ1v) is 7.28. The van der Waals surface area contributed by atoms with Gasteiger partial charge in [0, 0.05) is 12.3 Å². The summed E-state index contributed by atoms with van der Waals surface area (Å²) in [6.45, 7) is 5.78. The van der Waals surface area contributed by atoms with Gasteiger partial charge in [0.1, 0.15) is 0 Å². The second-order valence-corrected chi connectivity index (χ2v) is 5.96. The summed E-state index contributed by atoms with van der Waals surface area (Å²) in [5.74, 6) is 2.77. The predicted molar refractivity (Wildman–Crippen MR) is 71.1 cm³/mol. The predicted octanol–water partition coefficient (Wildman–Crippen LogP) is 4.46. The summed E-state index contributed by atoms with van der Waals surface area (Å²) in [7, 11) is 0. The van der Waals surface area contributed by atoms with Crippen LogP contribution in [0, 0.1) is 17.8 Å². The van der Waals surface area contributed by atoms with E-state index in [0.29, 0.717) is 0 Å². The molecule has 0 aromatic carbocycles. The van der Waals surface area contributed by atoms with E-state index in [1.54, 1.807) is 0 Å². The van der Waals surface area contributed by atoms with Crippen LogP contribution in [0.25, 0.3) is 0 Å². The van der Waals surface area contributed by atoms with E-state index in [1.807, 2.05) is 0 Å². The monoisotopic (exact) mass is 221 g/mol. The van der Waals surface area contributed by atoms with Gasteiger partial charge >= 0.3 is 0 Å². The SMILES string of the molecule is CC(=NCCC1CCCCCC1C)C1CC1. The van der Waals surface area contributed by atoms with Crippen molar-refractivity contribution in [1.29, 1.82) is 0 Å². The first-order valence-electron chi connectivity index (χ1n) is 7.28. The molecule has 0 amide bonds. The Balaban J connectivity index is 1.72. The second-order valence-electron chi connectivity index (χ2n) is 5.96. The quantitative estimate of drug-likeness (QED) is 0.491. The second kappa shape index (κ2) is 5.84. The van der Waals surface area contributed by atoms with E-state index in [9.17, 15) is 0 Å². The van der Waals surface area contributed by atoms with Crippen molar-refractivity contribution in [2.75, 3.05) is 6.54 Å². The molecule has 2 fully saturated rings. The van der Waals surface area contributed by atoms with E-state index in [4.69, 9.17) is 4.99 Å². The highest BCUT2D eigenvalue weighted by Gasteiger charge is 2.24. The highest BCUT2D eigenvalue weighted by molar-refractivity contribution is 5.86. The van der Waals surface area contributed by atoms with Crippen LogP contribution in [0.3, 0.4) is 0 Å². The maximum atomic E-state index is 4.76. The van der Waals surface area contributed by atoms with Crippen LogP contribution in [-0.2, 0) is 0 Å². The molecule has 2 aliphatic carbocycles. The molecule has 0 aromatic rings. The van der Waals surface area contributed by atoms with Gasteiger partial charge < -0.3 is 0 Å². The van der Waals surface area contributed by atoms with Gasteiger partial charge in [0.15, 0.2) is 0 Å². The van der Waals surface area contributed by atoms with E-state index < -0.39 is 0 Å². The third-order valence-electron chi connectivity index (χ3n) is 4.57. The lowest BCUT2D eigenvalue weighted by molar-refractivity contribution is 0.322. The Morgan fingerprint density at radius 2 is 1.81 bits per heavy atom. The molecular formula is C15H27N. The molecule has 0 aromatic heterocycles. The molecule has 2 saturated carbocycles. The fourth-order valence-corrected chi connectivity index (χ4v) is 3.04. The van der Waals surface area contributed by atoms with Crippen LogP contribution in [0.2, 0.25) is 0 Å². The van der Waals surface area contributed by atoms with E-state index in [2.05, 4.69) is 13.8 Å². The number of rotatable bonds is 4.